The standard InChI is InChI=1S/C13H19N3O2/c1-12(2)13(3,14-18)16(11(17)15(12)4)10-8-6-5-7-9-10/h5-9,14,18H,1-4H3/t13-/m1/s1. The molecule has 2 rings (SSSR count). The molecule has 0 spiro atoms. The fourth-order valence-electron chi connectivity index (χ4n) is 2.31. The highest BCUT2D eigenvalue weighted by atomic mass is 16.5. The van der Waals surface area contributed by atoms with Crippen LogP contribution in [0.2, 0.25) is 0 Å². The molecule has 2 amide bonds. The number of para-hydroxylation sites is 1. The third-order valence-electron chi connectivity index (χ3n) is 4.19. The van der Waals surface area contributed by atoms with Crippen molar-refractivity contribution in [2.24, 2.45) is 0 Å². The van der Waals surface area contributed by atoms with E-state index in [-0.39, 0.29) is 6.03 Å². The molecule has 0 unspecified atom stereocenters. The van der Waals surface area contributed by atoms with E-state index < -0.39 is 11.2 Å². The summed E-state index contributed by atoms with van der Waals surface area (Å²) >= 11 is 0. The Kier molecular flexibility index (Phi) is 2.83. The van der Waals surface area contributed by atoms with Gasteiger partial charge < -0.3 is 10.1 Å². The second-order valence-electron chi connectivity index (χ2n) is 5.26. The normalized spacial score (nSPS) is 26.8. The molecule has 1 aromatic carbocycles. The first kappa shape index (κ1) is 12.9. The highest BCUT2D eigenvalue weighted by molar-refractivity contribution is 5.97. The lowest BCUT2D eigenvalue weighted by atomic mass is 9.89. The van der Waals surface area contributed by atoms with Crippen molar-refractivity contribution in [1.29, 1.82) is 0 Å². The summed E-state index contributed by atoms with van der Waals surface area (Å²) in [7, 11) is 1.74. The van der Waals surface area contributed by atoms with Crippen LogP contribution in [0.5, 0.6) is 0 Å². The fourth-order valence-corrected chi connectivity index (χ4v) is 2.31. The van der Waals surface area contributed by atoms with Crippen molar-refractivity contribution in [2.75, 3.05) is 11.9 Å². The van der Waals surface area contributed by atoms with Gasteiger partial charge in [-0.3, -0.25) is 4.90 Å². The molecular formula is C13H19N3O2. The van der Waals surface area contributed by atoms with Gasteiger partial charge in [-0.25, -0.2) is 4.79 Å². The number of urea groups is 1. The summed E-state index contributed by atoms with van der Waals surface area (Å²) in [6, 6.07) is 9.18. The Morgan fingerprint density at radius 1 is 1.17 bits per heavy atom. The molecule has 5 nitrogen and oxygen atoms in total. The average Bonchev–Trinajstić information content (AvgIpc) is 2.50. The molecule has 1 saturated heterocycles. The van der Waals surface area contributed by atoms with Gasteiger partial charge in [-0.05, 0) is 32.9 Å². The minimum atomic E-state index is -0.889. The van der Waals surface area contributed by atoms with Crippen LogP contribution in [0.3, 0.4) is 0 Å². The van der Waals surface area contributed by atoms with Crippen LogP contribution in [-0.4, -0.2) is 34.4 Å². The Labute approximate surface area is 107 Å². The van der Waals surface area contributed by atoms with Gasteiger partial charge in [-0.15, -0.1) is 0 Å². The maximum atomic E-state index is 12.4. The van der Waals surface area contributed by atoms with Crippen LogP contribution in [0.25, 0.3) is 0 Å². The molecule has 1 fully saturated rings. The minimum absolute atomic E-state index is 0.143. The zero-order valence-electron chi connectivity index (χ0n) is 11.1. The number of amides is 2. The number of hydroxylamine groups is 1. The van der Waals surface area contributed by atoms with E-state index in [1.54, 1.807) is 23.8 Å². The summed E-state index contributed by atoms with van der Waals surface area (Å²) in [6.45, 7) is 5.63. The molecule has 5 heteroatoms. The maximum Gasteiger partial charge on any atom is 0.326 e. The second kappa shape index (κ2) is 3.96. The predicted molar refractivity (Wildman–Crippen MR) is 69.5 cm³/mol. The van der Waals surface area contributed by atoms with Gasteiger partial charge in [0.25, 0.3) is 0 Å². The van der Waals surface area contributed by atoms with E-state index >= 15 is 0 Å². The smallest absolute Gasteiger partial charge is 0.318 e. The lowest BCUT2D eigenvalue weighted by Gasteiger charge is -2.42. The number of benzene rings is 1. The molecule has 0 saturated carbocycles. The van der Waals surface area contributed by atoms with E-state index in [4.69, 9.17) is 0 Å². The van der Waals surface area contributed by atoms with E-state index in [9.17, 15) is 10.0 Å². The van der Waals surface area contributed by atoms with E-state index in [1.807, 2.05) is 44.2 Å². The van der Waals surface area contributed by atoms with Crippen LogP contribution in [0.15, 0.2) is 30.3 Å². The molecular weight excluding hydrogens is 230 g/mol. The first-order chi connectivity index (χ1) is 8.36. The zero-order chi connectivity index (χ0) is 13.6. The second-order valence-corrected chi connectivity index (χ2v) is 5.26. The summed E-state index contributed by atoms with van der Waals surface area (Å²) in [5.74, 6) is 0. The molecule has 18 heavy (non-hydrogen) atoms. The molecule has 2 N–H and O–H groups in total. The Morgan fingerprint density at radius 2 is 1.72 bits per heavy atom. The highest BCUT2D eigenvalue weighted by Crippen LogP contribution is 2.41. The number of nitrogens with one attached hydrogen (secondary N) is 1. The lowest BCUT2D eigenvalue weighted by Crippen LogP contribution is -2.64. The highest BCUT2D eigenvalue weighted by Gasteiger charge is 2.59. The van der Waals surface area contributed by atoms with Gasteiger partial charge >= 0.3 is 6.03 Å². The largest absolute Gasteiger partial charge is 0.326 e. The van der Waals surface area contributed by atoms with Crippen LogP contribution in [0.1, 0.15) is 20.8 Å². The minimum Gasteiger partial charge on any atom is -0.318 e. The quantitative estimate of drug-likeness (QED) is 0.788. The number of hydrogen-bond acceptors (Lipinski definition) is 3. The van der Waals surface area contributed by atoms with Gasteiger partial charge in [0.15, 0.2) is 0 Å². The molecule has 1 atom stereocenters. The Balaban J connectivity index is 2.56. The van der Waals surface area contributed by atoms with Gasteiger partial charge in [-0.1, -0.05) is 18.2 Å². The molecule has 0 aliphatic carbocycles. The van der Waals surface area contributed by atoms with Crippen molar-refractivity contribution in [3.05, 3.63) is 30.3 Å². The topological polar surface area (TPSA) is 55.8 Å². The van der Waals surface area contributed by atoms with Crippen LogP contribution in [0.4, 0.5) is 10.5 Å². The van der Waals surface area contributed by atoms with Crippen LogP contribution < -0.4 is 10.4 Å². The molecule has 0 bridgehead atoms. The molecule has 1 aromatic rings. The number of rotatable bonds is 2. The van der Waals surface area contributed by atoms with Gasteiger partial charge in [0.1, 0.15) is 5.66 Å². The maximum absolute atomic E-state index is 12.4. The van der Waals surface area contributed by atoms with Gasteiger partial charge in [0.2, 0.25) is 0 Å². The van der Waals surface area contributed by atoms with Gasteiger partial charge in [-0.2, -0.15) is 5.48 Å². The Bertz CT molecular complexity index is 461. The van der Waals surface area contributed by atoms with Crippen molar-refractivity contribution in [3.8, 4) is 0 Å². The lowest BCUT2D eigenvalue weighted by molar-refractivity contribution is 0.0171. The molecule has 98 valence electrons. The van der Waals surface area contributed by atoms with Crippen LogP contribution in [-0.2, 0) is 0 Å². The van der Waals surface area contributed by atoms with Gasteiger partial charge in [0, 0.05) is 12.7 Å². The van der Waals surface area contributed by atoms with Crippen molar-refractivity contribution in [2.45, 2.75) is 32.0 Å². The number of carbonyl (C=O) groups is 1. The van der Waals surface area contributed by atoms with E-state index in [1.165, 1.54) is 0 Å². The first-order valence-corrected chi connectivity index (χ1v) is 5.90. The zero-order valence-corrected chi connectivity index (χ0v) is 11.1. The van der Waals surface area contributed by atoms with E-state index in [0.29, 0.717) is 0 Å². The predicted octanol–water partition coefficient (Wildman–Crippen LogP) is 2.03. The number of likely N-dealkylation sites (N-methyl/N-ethyl adjacent to an activating group) is 1. The average molecular weight is 249 g/mol. The molecule has 0 aromatic heterocycles. The van der Waals surface area contributed by atoms with Crippen molar-refractivity contribution in [1.82, 2.24) is 10.4 Å². The van der Waals surface area contributed by atoms with E-state index in [0.717, 1.165) is 5.69 Å². The Hall–Kier alpha value is -1.59. The first-order valence-electron chi connectivity index (χ1n) is 5.90. The molecule has 1 aliphatic heterocycles. The molecule has 0 radical (unpaired) electrons. The number of nitrogens with zero attached hydrogens (tertiary/aromatic N) is 2. The third-order valence-corrected chi connectivity index (χ3v) is 4.19. The number of hydrogen-bond donors (Lipinski definition) is 2. The summed E-state index contributed by atoms with van der Waals surface area (Å²) in [4.78, 5) is 15.6. The van der Waals surface area contributed by atoms with Crippen LogP contribution >= 0.6 is 0 Å². The summed E-state index contributed by atoms with van der Waals surface area (Å²) in [5.41, 5.74) is 1.62. The Morgan fingerprint density at radius 3 is 2.22 bits per heavy atom. The SMILES string of the molecule is CN1C(=O)N(c2ccccc2)[C@@](C)(NO)C1(C)C. The number of carbonyl (C=O) groups excluding carboxylic acids is 1. The molecule has 1 heterocycles. The third kappa shape index (κ3) is 1.44. The number of anilines is 1. The van der Waals surface area contributed by atoms with Crippen molar-refractivity contribution >= 4 is 11.7 Å². The summed E-state index contributed by atoms with van der Waals surface area (Å²) < 4.78 is 0. The van der Waals surface area contributed by atoms with Gasteiger partial charge in [0.05, 0.1) is 5.54 Å². The van der Waals surface area contributed by atoms with Crippen molar-refractivity contribution < 1.29 is 10.0 Å². The van der Waals surface area contributed by atoms with Crippen LogP contribution in [0, 0.1) is 0 Å². The monoisotopic (exact) mass is 249 g/mol. The fraction of sp³-hybridized carbons (Fsp3) is 0.462. The van der Waals surface area contributed by atoms with Crippen molar-refractivity contribution in [3.63, 3.8) is 0 Å². The summed E-state index contributed by atoms with van der Waals surface area (Å²) in [6.07, 6.45) is 0. The molecule has 1 aliphatic rings. The van der Waals surface area contributed by atoms with E-state index in [2.05, 4.69) is 5.48 Å². The summed E-state index contributed by atoms with van der Waals surface area (Å²) in [5, 5.41) is 9.56.